The van der Waals surface area contributed by atoms with Crippen LogP contribution in [0.15, 0.2) is 77.8 Å². The third-order valence-electron chi connectivity index (χ3n) is 7.58. The Labute approximate surface area is 225 Å². The van der Waals surface area contributed by atoms with Gasteiger partial charge in [-0.25, -0.2) is 0 Å². The fraction of sp³-hybridized carbons (Fsp3) is 0.258. The van der Waals surface area contributed by atoms with Crippen LogP contribution in [0.4, 0.5) is 4.79 Å². The number of hydrogen-bond acceptors (Lipinski definition) is 4. The van der Waals surface area contributed by atoms with E-state index in [4.69, 9.17) is 0 Å². The SMILES string of the molecule is CC1CCN(C(=O)CN2C(=O)S/C(=C\c3cn(Cc4ccc5ccccc5c4)c4ccccc34)C2=O)CC1. The molecule has 0 atom stereocenters. The minimum Gasteiger partial charge on any atom is -0.342 e. The Bertz CT molecular complexity index is 1600. The van der Waals surface area contributed by atoms with E-state index >= 15 is 0 Å². The van der Waals surface area contributed by atoms with Crippen LogP contribution >= 0.6 is 11.8 Å². The van der Waals surface area contributed by atoms with Gasteiger partial charge in [-0.2, -0.15) is 0 Å². The number of fused-ring (bicyclic) bond motifs is 2. The number of piperidine rings is 1. The molecule has 192 valence electrons. The monoisotopic (exact) mass is 523 g/mol. The van der Waals surface area contributed by atoms with Crippen molar-refractivity contribution in [2.45, 2.75) is 26.3 Å². The summed E-state index contributed by atoms with van der Waals surface area (Å²) in [6.07, 6.45) is 5.73. The minimum atomic E-state index is -0.398. The highest BCUT2D eigenvalue weighted by Gasteiger charge is 2.37. The van der Waals surface area contributed by atoms with E-state index in [0.717, 1.165) is 46.0 Å². The van der Waals surface area contributed by atoms with Gasteiger partial charge in [0.05, 0.1) is 4.91 Å². The summed E-state index contributed by atoms with van der Waals surface area (Å²) in [7, 11) is 0. The third kappa shape index (κ3) is 4.74. The van der Waals surface area contributed by atoms with Gasteiger partial charge in [0.1, 0.15) is 6.54 Å². The lowest BCUT2D eigenvalue weighted by molar-refractivity contribution is -0.136. The molecular formula is C31H29N3O3S. The summed E-state index contributed by atoms with van der Waals surface area (Å²) in [5.41, 5.74) is 3.12. The first kappa shape index (κ1) is 24.5. The highest BCUT2D eigenvalue weighted by atomic mass is 32.2. The van der Waals surface area contributed by atoms with Crippen LogP contribution < -0.4 is 0 Å². The number of para-hydroxylation sites is 1. The van der Waals surface area contributed by atoms with E-state index in [-0.39, 0.29) is 17.7 Å². The topological polar surface area (TPSA) is 62.6 Å². The first-order chi connectivity index (χ1) is 18.5. The molecule has 3 heterocycles. The number of rotatable bonds is 5. The first-order valence-electron chi connectivity index (χ1n) is 13.0. The number of carbonyl (C=O) groups excluding carboxylic acids is 3. The third-order valence-corrected chi connectivity index (χ3v) is 8.48. The summed E-state index contributed by atoms with van der Waals surface area (Å²) in [4.78, 5) is 41.9. The Kier molecular flexibility index (Phi) is 6.54. The number of amides is 3. The van der Waals surface area contributed by atoms with Crippen LogP contribution in [0.3, 0.4) is 0 Å². The maximum Gasteiger partial charge on any atom is 0.294 e. The van der Waals surface area contributed by atoms with Crippen molar-refractivity contribution in [3.05, 3.63) is 89.0 Å². The lowest BCUT2D eigenvalue weighted by atomic mass is 9.99. The van der Waals surface area contributed by atoms with Crippen molar-refractivity contribution < 1.29 is 14.4 Å². The standard InChI is InChI=1S/C31H29N3O3S/c1-21-12-14-32(15-13-21)29(35)20-34-30(36)28(38-31(34)37)17-25-19-33(27-9-5-4-8-26(25)27)18-22-10-11-23-6-2-3-7-24(23)16-22/h2-11,16-17,19,21H,12-15,18,20H2,1H3/b28-17-. The van der Waals surface area contributed by atoms with Crippen LogP contribution in [-0.4, -0.2) is 51.1 Å². The van der Waals surface area contributed by atoms with Gasteiger partial charge in [0.25, 0.3) is 11.1 Å². The number of likely N-dealkylation sites (tertiary alicyclic amines) is 1. The van der Waals surface area contributed by atoms with E-state index < -0.39 is 5.91 Å². The molecule has 0 radical (unpaired) electrons. The number of imide groups is 1. The Morgan fingerprint density at radius 3 is 2.53 bits per heavy atom. The number of thioether (sulfide) groups is 1. The zero-order valence-corrected chi connectivity index (χ0v) is 22.1. The van der Waals surface area contributed by atoms with Crippen molar-refractivity contribution in [1.82, 2.24) is 14.4 Å². The highest BCUT2D eigenvalue weighted by Crippen LogP contribution is 2.34. The number of nitrogens with zero attached hydrogens (tertiary/aromatic N) is 3. The largest absolute Gasteiger partial charge is 0.342 e. The van der Waals surface area contributed by atoms with Gasteiger partial charge in [0.15, 0.2) is 0 Å². The maximum absolute atomic E-state index is 13.2. The molecule has 1 aromatic heterocycles. The Morgan fingerprint density at radius 2 is 1.71 bits per heavy atom. The van der Waals surface area contributed by atoms with E-state index in [0.29, 0.717) is 30.5 Å². The van der Waals surface area contributed by atoms with E-state index in [1.807, 2.05) is 36.5 Å². The van der Waals surface area contributed by atoms with Crippen molar-refractivity contribution in [2.24, 2.45) is 5.92 Å². The molecule has 2 aliphatic heterocycles. The summed E-state index contributed by atoms with van der Waals surface area (Å²) in [6.45, 7) is 4.04. The van der Waals surface area contributed by atoms with Crippen molar-refractivity contribution in [2.75, 3.05) is 19.6 Å². The second-order valence-corrected chi connectivity index (χ2v) is 11.2. The van der Waals surface area contributed by atoms with Crippen molar-refractivity contribution in [1.29, 1.82) is 0 Å². The molecule has 2 fully saturated rings. The Hall–Kier alpha value is -3.84. The lowest BCUT2D eigenvalue weighted by Crippen LogP contribution is -2.45. The number of aromatic nitrogens is 1. The summed E-state index contributed by atoms with van der Waals surface area (Å²) >= 11 is 0.907. The molecule has 3 aromatic carbocycles. The second kappa shape index (κ2) is 10.1. The molecule has 2 saturated heterocycles. The molecule has 38 heavy (non-hydrogen) atoms. The summed E-state index contributed by atoms with van der Waals surface area (Å²) in [5.74, 6) is 0.0417. The van der Waals surface area contributed by atoms with E-state index in [2.05, 4.69) is 47.9 Å². The number of benzene rings is 3. The average Bonchev–Trinajstić information content (AvgIpc) is 3.40. The van der Waals surface area contributed by atoms with Gasteiger partial charge in [-0.05, 0) is 65.1 Å². The van der Waals surface area contributed by atoms with Crippen molar-refractivity contribution in [3.63, 3.8) is 0 Å². The van der Waals surface area contributed by atoms with Gasteiger partial charge in [-0.1, -0.05) is 61.5 Å². The summed E-state index contributed by atoms with van der Waals surface area (Å²) < 4.78 is 2.18. The smallest absolute Gasteiger partial charge is 0.294 e. The molecule has 0 unspecified atom stereocenters. The predicted octanol–water partition coefficient (Wildman–Crippen LogP) is 6.14. The fourth-order valence-electron chi connectivity index (χ4n) is 5.33. The van der Waals surface area contributed by atoms with Crippen LogP contribution in [0, 0.1) is 5.92 Å². The Morgan fingerprint density at radius 1 is 0.974 bits per heavy atom. The molecule has 6 rings (SSSR count). The predicted molar refractivity (Wildman–Crippen MR) is 153 cm³/mol. The van der Waals surface area contributed by atoms with Gasteiger partial charge in [0.2, 0.25) is 5.91 Å². The number of hydrogen-bond donors (Lipinski definition) is 0. The van der Waals surface area contributed by atoms with Gasteiger partial charge < -0.3 is 9.47 Å². The molecule has 0 aliphatic carbocycles. The normalized spacial score (nSPS) is 17.9. The van der Waals surface area contributed by atoms with Crippen LogP contribution in [0.1, 0.15) is 30.9 Å². The average molecular weight is 524 g/mol. The van der Waals surface area contributed by atoms with Crippen LogP contribution in [0.25, 0.3) is 27.8 Å². The molecule has 0 spiro atoms. The zero-order valence-electron chi connectivity index (χ0n) is 21.3. The first-order valence-corrected chi connectivity index (χ1v) is 13.9. The quantitative estimate of drug-likeness (QED) is 0.295. The molecule has 4 aromatic rings. The minimum absolute atomic E-state index is 0.160. The van der Waals surface area contributed by atoms with Crippen molar-refractivity contribution in [3.8, 4) is 0 Å². The molecule has 3 amide bonds. The molecule has 7 heteroatoms. The van der Waals surface area contributed by atoms with Crippen LogP contribution in [0.5, 0.6) is 0 Å². The van der Waals surface area contributed by atoms with E-state index in [1.54, 1.807) is 11.0 Å². The molecule has 0 bridgehead atoms. The fourth-order valence-corrected chi connectivity index (χ4v) is 6.15. The van der Waals surface area contributed by atoms with Gasteiger partial charge >= 0.3 is 0 Å². The summed E-state index contributed by atoms with van der Waals surface area (Å²) in [5, 5.41) is 3.03. The van der Waals surface area contributed by atoms with Gasteiger partial charge in [0, 0.05) is 42.3 Å². The van der Waals surface area contributed by atoms with Crippen LogP contribution in [-0.2, 0) is 16.1 Å². The second-order valence-electron chi connectivity index (χ2n) is 10.2. The molecule has 2 aliphatic rings. The summed E-state index contributed by atoms with van der Waals surface area (Å²) in [6, 6.07) is 22.9. The van der Waals surface area contributed by atoms with Crippen LogP contribution in [0.2, 0.25) is 0 Å². The Balaban J connectivity index is 1.25. The molecule has 6 nitrogen and oxygen atoms in total. The maximum atomic E-state index is 13.2. The lowest BCUT2D eigenvalue weighted by Gasteiger charge is -2.31. The highest BCUT2D eigenvalue weighted by molar-refractivity contribution is 8.18. The van der Waals surface area contributed by atoms with Gasteiger partial charge in [-0.15, -0.1) is 0 Å². The van der Waals surface area contributed by atoms with Crippen molar-refractivity contribution >= 4 is 56.6 Å². The number of carbonyl (C=O) groups is 3. The molecule has 0 N–H and O–H groups in total. The van der Waals surface area contributed by atoms with Gasteiger partial charge in [-0.3, -0.25) is 19.3 Å². The zero-order chi connectivity index (χ0) is 26.2. The molecular weight excluding hydrogens is 494 g/mol. The molecule has 0 saturated carbocycles. The van der Waals surface area contributed by atoms with E-state index in [1.165, 1.54) is 16.3 Å². The van der Waals surface area contributed by atoms with E-state index in [9.17, 15) is 14.4 Å².